The third kappa shape index (κ3) is 4.12. The van der Waals surface area contributed by atoms with Gasteiger partial charge in [-0.2, -0.15) is 0 Å². The van der Waals surface area contributed by atoms with Gasteiger partial charge < -0.3 is 15.0 Å². The first-order chi connectivity index (χ1) is 14.9. The van der Waals surface area contributed by atoms with Gasteiger partial charge in [0.1, 0.15) is 5.82 Å². The molecule has 3 aromatic rings. The van der Waals surface area contributed by atoms with Gasteiger partial charge in [0.05, 0.1) is 23.6 Å². The number of carbonyl (C=O) groups excluding carboxylic acids is 1. The number of carbonyl (C=O) groups is 1. The molecule has 2 N–H and O–H groups in total. The summed E-state index contributed by atoms with van der Waals surface area (Å²) in [6, 6.07) is 6.78. The first kappa shape index (κ1) is 21.2. The minimum atomic E-state index is -0.420. The third-order valence-corrected chi connectivity index (χ3v) is 6.07. The lowest BCUT2D eigenvalue weighted by Crippen LogP contribution is -2.37. The fourth-order valence-corrected chi connectivity index (χ4v) is 4.37. The molecule has 1 aliphatic rings. The van der Waals surface area contributed by atoms with Gasteiger partial charge in [0, 0.05) is 30.4 Å². The lowest BCUT2D eigenvalue weighted by molar-refractivity contribution is 0.0717. The normalized spacial score (nSPS) is 16.6. The van der Waals surface area contributed by atoms with E-state index < -0.39 is 5.82 Å². The summed E-state index contributed by atoms with van der Waals surface area (Å²) in [4.78, 5) is 19.4. The molecule has 0 bridgehead atoms. The van der Waals surface area contributed by atoms with Crippen molar-refractivity contribution in [2.75, 3.05) is 6.54 Å². The van der Waals surface area contributed by atoms with E-state index in [1.54, 1.807) is 23.5 Å². The van der Waals surface area contributed by atoms with Crippen LogP contribution >= 0.6 is 0 Å². The number of pyridine rings is 1. The largest absolute Gasteiger partial charge is 0.336 e. The molecule has 4 rings (SSSR count). The fourth-order valence-electron chi connectivity index (χ4n) is 4.37. The van der Waals surface area contributed by atoms with E-state index in [-0.39, 0.29) is 18.0 Å². The van der Waals surface area contributed by atoms with E-state index in [0.29, 0.717) is 17.7 Å². The zero-order valence-electron chi connectivity index (χ0n) is 18.3. The second kappa shape index (κ2) is 8.63. The summed E-state index contributed by atoms with van der Waals surface area (Å²) in [5.74, 6) is -0.588. The Morgan fingerprint density at radius 3 is 2.81 bits per heavy atom. The van der Waals surface area contributed by atoms with Gasteiger partial charge in [0.25, 0.3) is 5.91 Å². The number of hydrogen-bond donors (Lipinski definition) is 1. The summed E-state index contributed by atoms with van der Waals surface area (Å²) in [6.45, 7) is 6.43. The van der Waals surface area contributed by atoms with Crippen LogP contribution in [0.5, 0.6) is 0 Å². The van der Waals surface area contributed by atoms with Crippen LogP contribution in [0, 0.1) is 5.82 Å². The molecule has 0 saturated carbocycles. The lowest BCUT2D eigenvalue weighted by atomic mass is 9.90. The molecule has 1 unspecified atom stereocenters. The number of aromatic nitrogens is 2. The van der Waals surface area contributed by atoms with E-state index in [0.717, 1.165) is 35.9 Å². The van der Waals surface area contributed by atoms with Crippen LogP contribution in [-0.2, 0) is 0 Å². The maximum Gasteiger partial charge on any atom is 0.254 e. The SMILES string of the molecule is CCN(C(=O)c1cc(F)ccc1-c1cc(C2=CCC(N)CC2)cn2cncc12)C(C)C. The van der Waals surface area contributed by atoms with Crippen molar-refractivity contribution in [3.63, 3.8) is 0 Å². The predicted octanol–water partition coefficient (Wildman–Crippen LogP) is 4.91. The molecule has 0 saturated heterocycles. The van der Waals surface area contributed by atoms with E-state index in [2.05, 4.69) is 23.3 Å². The Morgan fingerprint density at radius 2 is 2.13 bits per heavy atom. The molecule has 6 heteroatoms. The van der Waals surface area contributed by atoms with Crippen LogP contribution < -0.4 is 5.73 Å². The third-order valence-electron chi connectivity index (χ3n) is 6.07. The van der Waals surface area contributed by atoms with Crippen molar-refractivity contribution in [2.45, 2.75) is 52.1 Å². The van der Waals surface area contributed by atoms with Crippen molar-refractivity contribution in [2.24, 2.45) is 5.73 Å². The molecule has 0 fully saturated rings. The van der Waals surface area contributed by atoms with E-state index >= 15 is 0 Å². The molecular formula is C25H29FN4O. The van der Waals surface area contributed by atoms with Gasteiger partial charge in [0.2, 0.25) is 0 Å². The predicted molar refractivity (Wildman–Crippen MR) is 122 cm³/mol. The standard InChI is InChI=1S/C25H29FN4O/c1-4-30(16(2)3)25(31)23-12-19(26)7-10-21(23)22-11-18(14-29-15-28-13-24(22)29)17-5-8-20(27)9-6-17/h5,7,10-16,20H,4,6,8-9,27H2,1-3H3. The van der Waals surface area contributed by atoms with Crippen LogP contribution in [0.2, 0.25) is 0 Å². The quantitative estimate of drug-likeness (QED) is 0.638. The van der Waals surface area contributed by atoms with E-state index in [1.165, 1.54) is 17.7 Å². The van der Waals surface area contributed by atoms with Crippen LogP contribution in [0.15, 0.2) is 49.1 Å². The van der Waals surface area contributed by atoms with Crippen LogP contribution in [0.25, 0.3) is 22.2 Å². The van der Waals surface area contributed by atoms with Crippen molar-refractivity contribution in [1.82, 2.24) is 14.3 Å². The summed E-state index contributed by atoms with van der Waals surface area (Å²) in [6.07, 6.45) is 10.5. The Bertz CT molecular complexity index is 1150. The summed E-state index contributed by atoms with van der Waals surface area (Å²) in [5.41, 5.74) is 11.2. The number of fused-ring (bicyclic) bond motifs is 1. The maximum atomic E-state index is 14.2. The van der Waals surface area contributed by atoms with Crippen LogP contribution in [0.1, 0.15) is 56.0 Å². The molecule has 0 spiro atoms. The van der Waals surface area contributed by atoms with Gasteiger partial charge in [-0.25, -0.2) is 9.37 Å². The first-order valence-corrected chi connectivity index (χ1v) is 10.9. The highest BCUT2D eigenvalue weighted by atomic mass is 19.1. The monoisotopic (exact) mass is 420 g/mol. The summed E-state index contributed by atoms with van der Waals surface area (Å²) in [5, 5.41) is 0. The number of nitrogens with two attached hydrogens (primary N) is 1. The van der Waals surface area contributed by atoms with Gasteiger partial charge in [-0.05, 0) is 74.9 Å². The van der Waals surface area contributed by atoms with Crippen LogP contribution in [-0.4, -0.2) is 38.8 Å². The molecule has 5 nitrogen and oxygen atoms in total. The van der Waals surface area contributed by atoms with Gasteiger partial charge in [-0.1, -0.05) is 12.1 Å². The van der Waals surface area contributed by atoms with Crippen molar-refractivity contribution < 1.29 is 9.18 Å². The number of amides is 1. The zero-order chi connectivity index (χ0) is 22.1. The molecule has 2 heterocycles. The minimum Gasteiger partial charge on any atom is -0.336 e. The van der Waals surface area contributed by atoms with Crippen LogP contribution in [0.3, 0.4) is 0 Å². The Morgan fingerprint density at radius 1 is 1.32 bits per heavy atom. The van der Waals surface area contributed by atoms with Crippen LogP contribution in [0.4, 0.5) is 4.39 Å². The molecule has 1 atom stereocenters. The Hall–Kier alpha value is -2.99. The number of halogens is 1. The van der Waals surface area contributed by atoms with Crippen molar-refractivity contribution in [3.8, 4) is 11.1 Å². The molecule has 2 aromatic heterocycles. The first-order valence-electron chi connectivity index (χ1n) is 10.9. The van der Waals surface area contributed by atoms with Crippen molar-refractivity contribution >= 4 is 17.0 Å². The molecule has 0 radical (unpaired) electrons. The molecular weight excluding hydrogens is 391 g/mol. The smallest absolute Gasteiger partial charge is 0.254 e. The van der Waals surface area contributed by atoms with Gasteiger partial charge in [-0.3, -0.25) is 4.79 Å². The second-order valence-electron chi connectivity index (χ2n) is 8.47. The zero-order valence-corrected chi connectivity index (χ0v) is 18.3. The summed E-state index contributed by atoms with van der Waals surface area (Å²) >= 11 is 0. The average molecular weight is 421 g/mol. The highest BCUT2D eigenvalue weighted by Crippen LogP contribution is 2.34. The minimum absolute atomic E-state index is 0.0199. The Labute approximate surface area is 182 Å². The second-order valence-corrected chi connectivity index (χ2v) is 8.47. The van der Waals surface area contributed by atoms with E-state index in [1.807, 2.05) is 25.2 Å². The summed E-state index contributed by atoms with van der Waals surface area (Å²) in [7, 11) is 0. The maximum absolute atomic E-state index is 14.2. The molecule has 1 aliphatic carbocycles. The number of rotatable bonds is 5. The lowest BCUT2D eigenvalue weighted by Gasteiger charge is -2.26. The van der Waals surface area contributed by atoms with Crippen molar-refractivity contribution in [1.29, 1.82) is 0 Å². The highest BCUT2D eigenvalue weighted by Gasteiger charge is 2.23. The average Bonchev–Trinajstić information content (AvgIpc) is 3.22. The van der Waals surface area contributed by atoms with E-state index in [4.69, 9.17) is 5.73 Å². The van der Waals surface area contributed by atoms with Gasteiger partial charge in [0.15, 0.2) is 0 Å². The molecule has 1 amide bonds. The number of allylic oxidation sites excluding steroid dienone is 1. The molecule has 1 aromatic carbocycles. The molecule has 0 aliphatic heterocycles. The number of imidazole rings is 1. The van der Waals surface area contributed by atoms with Crippen molar-refractivity contribution in [3.05, 3.63) is 66.0 Å². The summed E-state index contributed by atoms with van der Waals surface area (Å²) < 4.78 is 16.2. The number of hydrogen-bond acceptors (Lipinski definition) is 3. The topological polar surface area (TPSA) is 63.6 Å². The number of benzene rings is 1. The fraction of sp³-hybridized carbons (Fsp3) is 0.360. The molecule has 162 valence electrons. The van der Waals surface area contributed by atoms with Gasteiger partial charge in [-0.15, -0.1) is 0 Å². The highest BCUT2D eigenvalue weighted by molar-refractivity contribution is 6.03. The number of nitrogens with zero attached hydrogens (tertiary/aromatic N) is 3. The Kier molecular flexibility index (Phi) is 5.92. The Balaban J connectivity index is 1.89. The van der Waals surface area contributed by atoms with Gasteiger partial charge >= 0.3 is 0 Å². The van der Waals surface area contributed by atoms with E-state index in [9.17, 15) is 9.18 Å². The molecule has 31 heavy (non-hydrogen) atoms.